The van der Waals surface area contributed by atoms with Crippen LogP contribution in [0, 0.1) is 5.92 Å². The maximum absolute atomic E-state index is 12.7. The van der Waals surface area contributed by atoms with Gasteiger partial charge in [0.25, 0.3) is 5.91 Å². The van der Waals surface area contributed by atoms with Crippen molar-refractivity contribution in [2.45, 2.75) is 52.1 Å². The molecule has 0 saturated carbocycles. The van der Waals surface area contributed by atoms with Crippen LogP contribution >= 0.6 is 24.0 Å². The van der Waals surface area contributed by atoms with Gasteiger partial charge in [-0.2, -0.15) is 0 Å². The molecule has 1 unspecified atom stereocenters. The van der Waals surface area contributed by atoms with Gasteiger partial charge in [-0.05, 0) is 43.4 Å². The second-order valence-corrected chi connectivity index (χ2v) is 8.55. The third-order valence-corrected chi connectivity index (χ3v) is 5.84. The summed E-state index contributed by atoms with van der Waals surface area (Å²) in [5, 5.41) is 6.75. The fraction of sp³-hybridized carbons (Fsp3) is 0.609. The van der Waals surface area contributed by atoms with Gasteiger partial charge in [0.1, 0.15) is 0 Å². The van der Waals surface area contributed by atoms with Crippen molar-refractivity contribution in [3.63, 3.8) is 0 Å². The lowest BCUT2D eigenvalue weighted by Crippen LogP contribution is -2.45. The average Bonchev–Trinajstić information content (AvgIpc) is 3.24. The summed E-state index contributed by atoms with van der Waals surface area (Å²) in [6.45, 7) is 7.67. The Kier molecular flexibility index (Phi) is 10.1. The third-order valence-electron chi connectivity index (χ3n) is 5.84. The van der Waals surface area contributed by atoms with Crippen LogP contribution in [0.3, 0.4) is 0 Å². The van der Waals surface area contributed by atoms with Gasteiger partial charge in [0.15, 0.2) is 5.96 Å². The van der Waals surface area contributed by atoms with E-state index in [1.807, 2.05) is 47.9 Å². The lowest BCUT2D eigenvalue weighted by atomic mass is 10.1. The second-order valence-electron chi connectivity index (χ2n) is 8.55. The molecule has 1 atom stereocenters. The number of halogens is 1. The number of likely N-dealkylation sites (tertiary alicyclic amines) is 2. The van der Waals surface area contributed by atoms with Crippen LogP contribution < -0.4 is 10.6 Å². The van der Waals surface area contributed by atoms with E-state index < -0.39 is 0 Å². The first kappa shape index (κ1) is 25.4. The van der Waals surface area contributed by atoms with Gasteiger partial charge in [0.05, 0.1) is 0 Å². The standard InChI is InChI=1S/C23H35N5O2.HI/c1-17(2)21(29)28-13-10-20(16-28)26-23(24-3)25-15-18-8-7-9-19(14-18)22(30)27-11-5-4-6-12-27;/h7-9,14,17,20H,4-6,10-13,15-16H2,1-3H3,(H2,24,25,26);1H. The summed E-state index contributed by atoms with van der Waals surface area (Å²) in [6.07, 6.45) is 4.32. The second kappa shape index (κ2) is 12.3. The topological polar surface area (TPSA) is 77.0 Å². The van der Waals surface area contributed by atoms with Crippen molar-refractivity contribution >= 4 is 41.8 Å². The highest BCUT2D eigenvalue weighted by Gasteiger charge is 2.28. The molecule has 2 heterocycles. The fourth-order valence-corrected chi connectivity index (χ4v) is 4.11. The van der Waals surface area contributed by atoms with Crippen LogP contribution in [0.4, 0.5) is 0 Å². The van der Waals surface area contributed by atoms with Crippen LogP contribution in [-0.4, -0.2) is 66.8 Å². The molecule has 0 radical (unpaired) electrons. The zero-order valence-corrected chi connectivity index (χ0v) is 21.2. The van der Waals surface area contributed by atoms with Gasteiger partial charge in [-0.15, -0.1) is 24.0 Å². The lowest BCUT2D eigenvalue weighted by Gasteiger charge is -2.26. The highest BCUT2D eigenvalue weighted by atomic mass is 127. The first-order valence-corrected chi connectivity index (χ1v) is 11.1. The average molecular weight is 541 g/mol. The van der Waals surface area contributed by atoms with E-state index in [4.69, 9.17) is 0 Å². The molecule has 31 heavy (non-hydrogen) atoms. The predicted octanol–water partition coefficient (Wildman–Crippen LogP) is 2.85. The van der Waals surface area contributed by atoms with Gasteiger partial charge >= 0.3 is 0 Å². The Balaban J connectivity index is 0.00000341. The van der Waals surface area contributed by atoms with Crippen LogP contribution in [0.5, 0.6) is 0 Å². The number of nitrogens with zero attached hydrogens (tertiary/aromatic N) is 3. The Morgan fingerprint density at radius 3 is 2.55 bits per heavy atom. The van der Waals surface area contributed by atoms with Crippen LogP contribution in [0.1, 0.15) is 55.5 Å². The number of nitrogens with one attached hydrogen (secondary N) is 2. The fourth-order valence-electron chi connectivity index (χ4n) is 4.11. The molecule has 0 aromatic heterocycles. The number of rotatable bonds is 5. The van der Waals surface area contributed by atoms with Crippen LogP contribution in [-0.2, 0) is 11.3 Å². The minimum Gasteiger partial charge on any atom is -0.352 e. The van der Waals surface area contributed by atoms with Crippen molar-refractivity contribution in [3.05, 3.63) is 35.4 Å². The molecule has 0 spiro atoms. The van der Waals surface area contributed by atoms with E-state index in [0.717, 1.165) is 50.0 Å². The number of carbonyl (C=O) groups excluding carboxylic acids is 2. The monoisotopic (exact) mass is 541 g/mol. The van der Waals surface area contributed by atoms with Crippen molar-refractivity contribution in [3.8, 4) is 0 Å². The van der Waals surface area contributed by atoms with E-state index in [1.165, 1.54) is 6.42 Å². The highest BCUT2D eigenvalue weighted by molar-refractivity contribution is 14.0. The van der Waals surface area contributed by atoms with Crippen molar-refractivity contribution in [1.29, 1.82) is 0 Å². The van der Waals surface area contributed by atoms with Gasteiger partial charge in [-0.3, -0.25) is 14.6 Å². The molecule has 0 aliphatic carbocycles. The maximum Gasteiger partial charge on any atom is 0.253 e. The van der Waals surface area contributed by atoms with Gasteiger partial charge in [-0.25, -0.2) is 0 Å². The van der Waals surface area contributed by atoms with Gasteiger partial charge in [-0.1, -0.05) is 26.0 Å². The van der Waals surface area contributed by atoms with Crippen molar-refractivity contribution in [2.75, 3.05) is 33.2 Å². The smallest absolute Gasteiger partial charge is 0.253 e. The molecule has 1 aromatic carbocycles. The number of guanidine groups is 1. The van der Waals surface area contributed by atoms with Crippen molar-refractivity contribution in [1.82, 2.24) is 20.4 Å². The number of hydrogen-bond donors (Lipinski definition) is 2. The molecule has 2 aliphatic rings. The molecule has 2 saturated heterocycles. The molecule has 2 aliphatic heterocycles. The number of carbonyl (C=O) groups is 2. The molecule has 1 aromatic rings. The summed E-state index contributed by atoms with van der Waals surface area (Å²) in [7, 11) is 1.75. The third kappa shape index (κ3) is 7.08. The van der Waals surface area contributed by atoms with Gasteiger partial charge in [0, 0.05) is 57.3 Å². The molecule has 8 heteroatoms. The van der Waals surface area contributed by atoms with E-state index in [1.54, 1.807) is 7.05 Å². The minimum absolute atomic E-state index is 0. The molecule has 0 bridgehead atoms. The summed E-state index contributed by atoms with van der Waals surface area (Å²) >= 11 is 0. The van der Waals surface area contributed by atoms with Crippen LogP contribution in [0.15, 0.2) is 29.3 Å². The Morgan fingerprint density at radius 2 is 1.87 bits per heavy atom. The van der Waals surface area contributed by atoms with Crippen molar-refractivity contribution < 1.29 is 9.59 Å². The number of hydrogen-bond acceptors (Lipinski definition) is 3. The molecular formula is C23H36IN5O2. The first-order chi connectivity index (χ1) is 14.5. The number of benzene rings is 1. The zero-order valence-electron chi connectivity index (χ0n) is 18.9. The molecule has 172 valence electrons. The molecule has 7 nitrogen and oxygen atoms in total. The number of amides is 2. The van der Waals surface area contributed by atoms with E-state index in [-0.39, 0.29) is 47.8 Å². The SMILES string of the molecule is CN=C(NCc1cccc(C(=O)N2CCCCC2)c1)NC1CCN(C(=O)C(C)C)C1.I. The summed E-state index contributed by atoms with van der Waals surface area (Å²) in [5.74, 6) is 1.07. The highest BCUT2D eigenvalue weighted by Crippen LogP contribution is 2.15. The van der Waals surface area contributed by atoms with E-state index in [9.17, 15) is 9.59 Å². The number of piperidine rings is 1. The largest absolute Gasteiger partial charge is 0.352 e. The van der Waals surface area contributed by atoms with Gasteiger partial charge < -0.3 is 20.4 Å². The summed E-state index contributed by atoms with van der Waals surface area (Å²) in [4.78, 5) is 33.1. The summed E-state index contributed by atoms with van der Waals surface area (Å²) in [5.41, 5.74) is 1.79. The summed E-state index contributed by atoms with van der Waals surface area (Å²) < 4.78 is 0. The predicted molar refractivity (Wildman–Crippen MR) is 135 cm³/mol. The van der Waals surface area contributed by atoms with Crippen LogP contribution in [0.25, 0.3) is 0 Å². The maximum atomic E-state index is 12.7. The van der Waals surface area contributed by atoms with E-state index in [0.29, 0.717) is 19.0 Å². The quantitative estimate of drug-likeness (QED) is 0.342. The Morgan fingerprint density at radius 1 is 1.13 bits per heavy atom. The van der Waals surface area contributed by atoms with Gasteiger partial charge in [0.2, 0.25) is 5.91 Å². The van der Waals surface area contributed by atoms with E-state index in [2.05, 4.69) is 15.6 Å². The lowest BCUT2D eigenvalue weighted by molar-refractivity contribution is -0.133. The zero-order chi connectivity index (χ0) is 21.5. The molecular weight excluding hydrogens is 505 g/mol. The normalized spacial score (nSPS) is 19.2. The van der Waals surface area contributed by atoms with Crippen molar-refractivity contribution in [2.24, 2.45) is 10.9 Å². The molecule has 2 N–H and O–H groups in total. The summed E-state index contributed by atoms with van der Waals surface area (Å²) in [6, 6.07) is 8.02. The Hall–Kier alpha value is -1.84. The Bertz CT molecular complexity index is 777. The van der Waals surface area contributed by atoms with Crippen LogP contribution in [0.2, 0.25) is 0 Å². The Labute approximate surface area is 203 Å². The molecule has 2 amide bonds. The first-order valence-electron chi connectivity index (χ1n) is 11.1. The molecule has 2 fully saturated rings. The number of aliphatic imine (C=N–C) groups is 1. The van der Waals surface area contributed by atoms with E-state index >= 15 is 0 Å². The molecule has 3 rings (SSSR count). The minimum atomic E-state index is 0.